The van der Waals surface area contributed by atoms with Crippen LogP contribution in [0.1, 0.15) is 0 Å². The predicted octanol–water partition coefficient (Wildman–Crippen LogP) is -2.88. The third-order valence-corrected chi connectivity index (χ3v) is 0. The van der Waals surface area contributed by atoms with E-state index in [2.05, 4.69) is 0 Å². The van der Waals surface area contributed by atoms with E-state index < -0.39 is 14.5 Å². The van der Waals surface area contributed by atoms with Crippen molar-refractivity contribution in [3.63, 3.8) is 0 Å². The molecule has 0 saturated carbocycles. The van der Waals surface area contributed by atoms with Gasteiger partial charge in [-0.15, -0.1) is 0 Å². The van der Waals surface area contributed by atoms with Crippen molar-refractivity contribution in [2.75, 3.05) is 0 Å². The summed E-state index contributed by atoms with van der Waals surface area (Å²) in [6.45, 7) is 0. The van der Waals surface area contributed by atoms with E-state index >= 15 is 0 Å². The van der Waals surface area contributed by atoms with Crippen molar-refractivity contribution in [2.45, 2.75) is 0 Å². The predicted molar refractivity (Wildman–Crippen MR) is 6.44 cm³/mol. The molecule has 3 nitrogen and oxygen atoms in total. The van der Waals surface area contributed by atoms with Gasteiger partial charge in [-0.05, 0) is 0 Å². The van der Waals surface area contributed by atoms with Gasteiger partial charge in [0.05, 0.1) is 0 Å². The summed E-state index contributed by atoms with van der Waals surface area (Å²) in [5.41, 5.74) is 0. The molecule has 0 saturated heterocycles. The van der Waals surface area contributed by atoms with Gasteiger partial charge >= 0.3 is 69.4 Å². The average molecular weight is 371 g/mol. The summed E-state index contributed by atoms with van der Waals surface area (Å²) >= 11 is -3.65. The topological polar surface area (TPSA) is 63.2 Å². The molecular weight excluding hydrogens is 371 g/mol. The maximum atomic E-state index is 8.52. The molecule has 0 aliphatic heterocycles. The monoisotopic (exact) mass is 370 g/mol. The molecular formula is BiMnNiO3+3. The molecule has 0 aromatic rings. The first kappa shape index (κ1) is 15.6. The van der Waals surface area contributed by atoms with Gasteiger partial charge in [0.1, 0.15) is 0 Å². The Morgan fingerprint density at radius 1 is 1.33 bits per heavy atom. The van der Waals surface area contributed by atoms with E-state index in [1.165, 1.54) is 0 Å². The Morgan fingerprint density at radius 3 is 1.33 bits per heavy atom. The molecule has 2 radical (unpaired) electrons. The van der Waals surface area contributed by atoms with Gasteiger partial charge in [-0.3, -0.25) is 0 Å². The summed E-state index contributed by atoms with van der Waals surface area (Å²) in [7, 11) is 0. The minimum absolute atomic E-state index is 0. The van der Waals surface area contributed by atoms with Crippen molar-refractivity contribution < 1.29 is 43.2 Å². The number of hydrogen-bond donors (Lipinski definition) is 0. The van der Waals surface area contributed by atoms with Gasteiger partial charge in [0.15, 0.2) is 0 Å². The zero-order chi connectivity index (χ0) is 3.58. The molecule has 0 aromatic heterocycles. The van der Waals surface area contributed by atoms with E-state index in [1.807, 2.05) is 0 Å². The molecule has 0 bridgehead atoms. The molecule has 0 rings (SSSR count). The summed E-state index contributed by atoms with van der Waals surface area (Å²) in [5.74, 6) is 0. The number of rotatable bonds is 0. The molecule has 37 valence electrons. The van der Waals surface area contributed by atoms with E-state index in [-0.39, 0.29) is 42.7 Å². The first-order chi connectivity index (χ1) is 1.73. The summed E-state index contributed by atoms with van der Waals surface area (Å²) in [6.07, 6.45) is 0. The van der Waals surface area contributed by atoms with Gasteiger partial charge in [0.2, 0.25) is 0 Å². The van der Waals surface area contributed by atoms with Gasteiger partial charge in [0, 0.05) is 0 Å². The zero-order valence-corrected chi connectivity index (χ0v) is 8.01. The van der Waals surface area contributed by atoms with Gasteiger partial charge in [-0.2, -0.15) is 0 Å². The van der Waals surface area contributed by atoms with E-state index in [0.29, 0.717) is 0 Å². The van der Waals surface area contributed by atoms with Crippen molar-refractivity contribution in [1.82, 2.24) is 0 Å². The molecule has 0 spiro atoms. The average Bonchev–Trinajstić information content (AvgIpc) is 0.811. The van der Waals surface area contributed by atoms with Crippen LogP contribution in [0.2, 0.25) is 0 Å². The molecule has 0 aliphatic rings. The van der Waals surface area contributed by atoms with Crippen LogP contribution >= 0.6 is 0 Å². The van der Waals surface area contributed by atoms with Gasteiger partial charge in [-0.1, -0.05) is 0 Å². The summed E-state index contributed by atoms with van der Waals surface area (Å²) in [4.78, 5) is 0. The Bertz CT molecular complexity index is 33.8. The second-order valence-corrected chi connectivity index (χ2v) is 0.779. The third-order valence-electron chi connectivity index (χ3n) is 0. The Hall–Kier alpha value is 1.62. The fourth-order valence-corrected chi connectivity index (χ4v) is 0. The van der Waals surface area contributed by atoms with Gasteiger partial charge in [-0.25, -0.2) is 0 Å². The Labute approximate surface area is 68.9 Å². The second kappa shape index (κ2) is 9.79. The molecule has 0 aliphatic carbocycles. The summed E-state index contributed by atoms with van der Waals surface area (Å²) in [5, 5.41) is 0. The van der Waals surface area contributed by atoms with Gasteiger partial charge in [0.25, 0.3) is 0 Å². The minimum atomic E-state index is -3.65. The van der Waals surface area contributed by atoms with Crippen molar-refractivity contribution in [3.8, 4) is 0 Å². The normalized spacial score (nSPS) is 5.83. The molecule has 0 fully saturated rings. The SMILES string of the molecule is [Bi+3].[Ni+2].[O]=[Mn]([O-])[O-]. The van der Waals surface area contributed by atoms with Crippen LogP contribution in [0.5, 0.6) is 0 Å². The van der Waals surface area contributed by atoms with Crippen LogP contribution < -0.4 is 8.38 Å². The standard InChI is InChI=1S/Bi.Mn.Ni.3O/q+3;;+2;;2*-1. The second-order valence-electron chi connectivity index (χ2n) is 0.189. The van der Waals surface area contributed by atoms with E-state index in [1.54, 1.807) is 0 Å². The Balaban J connectivity index is -0.0000000450. The van der Waals surface area contributed by atoms with E-state index in [9.17, 15) is 0 Å². The first-order valence-corrected chi connectivity index (χ1v) is 1.91. The first-order valence-electron chi connectivity index (χ1n) is 0.463. The summed E-state index contributed by atoms with van der Waals surface area (Å²) in [6, 6.07) is 0. The van der Waals surface area contributed by atoms with Crippen LogP contribution in [0, 0.1) is 0 Å². The molecule has 0 unspecified atom stereocenters. The summed E-state index contributed by atoms with van der Waals surface area (Å²) < 4.78 is 25.6. The Morgan fingerprint density at radius 2 is 1.33 bits per heavy atom. The van der Waals surface area contributed by atoms with Crippen LogP contribution in [0.3, 0.4) is 0 Å². The van der Waals surface area contributed by atoms with E-state index in [4.69, 9.17) is 12.2 Å². The fourth-order valence-electron chi connectivity index (χ4n) is 0. The molecule has 6 heavy (non-hydrogen) atoms. The van der Waals surface area contributed by atoms with E-state index in [0.717, 1.165) is 0 Å². The quantitative estimate of drug-likeness (QED) is 0.430. The van der Waals surface area contributed by atoms with Crippen molar-refractivity contribution >= 4 is 26.2 Å². The van der Waals surface area contributed by atoms with Crippen molar-refractivity contribution in [1.29, 1.82) is 0 Å². The van der Waals surface area contributed by atoms with Crippen LogP contribution in [0.4, 0.5) is 0 Å². The third kappa shape index (κ3) is 45.8. The zero-order valence-electron chi connectivity index (χ0n) is 2.37. The molecule has 0 heterocycles. The van der Waals surface area contributed by atoms with Crippen LogP contribution in [-0.2, 0) is 34.8 Å². The van der Waals surface area contributed by atoms with Crippen molar-refractivity contribution in [3.05, 3.63) is 0 Å². The van der Waals surface area contributed by atoms with Crippen LogP contribution in [0.25, 0.3) is 0 Å². The molecule has 0 amide bonds. The maximum absolute atomic E-state index is 8.52. The molecule has 0 aromatic carbocycles. The van der Waals surface area contributed by atoms with Crippen LogP contribution in [-0.4, -0.2) is 26.2 Å². The molecule has 6 heteroatoms. The number of hydrogen-bond acceptors (Lipinski definition) is 3. The molecule has 0 N–H and O–H groups in total. The Kier molecular flexibility index (Phi) is 25.5. The van der Waals surface area contributed by atoms with Crippen LogP contribution in [0.15, 0.2) is 0 Å². The van der Waals surface area contributed by atoms with Crippen molar-refractivity contribution in [2.24, 2.45) is 0 Å². The fraction of sp³-hybridized carbons (Fsp3) is 0. The van der Waals surface area contributed by atoms with Gasteiger partial charge < -0.3 is 0 Å². The molecule has 0 atom stereocenters.